The second kappa shape index (κ2) is 7.54. The Morgan fingerprint density at radius 2 is 2.17 bits per heavy atom. The molecule has 128 valence electrons. The Morgan fingerprint density at radius 3 is 2.83 bits per heavy atom. The van der Waals surface area contributed by atoms with Crippen molar-refractivity contribution in [3.05, 3.63) is 34.9 Å². The molecular formula is C18H29ClN4. The SMILES string of the molecule is CN1CCCC(CN=C(N)NC(C)(C)C)C1c1cccc(Cl)c1. The highest BCUT2D eigenvalue weighted by atomic mass is 35.5. The van der Waals surface area contributed by atoms with Gasteiger partial charge in [-0.2, -0.15) is 0 Å². The van der Waals surface area contributed by atoms with Crippen molar-refractivity contribution in [1.82, 2.24) is 10.2 Å². The number of guanidine groups is 1. The summed E-state index contributed by atoms with van der Waals surface area (Å²) < 4.78 is 0. The first-order valence-electron chi connectivity index (χ1n) is 8.30. The van der Waals surface area contributed by atoms with Crippen molar-refractivity contribution in [1.29, 1.82) is 0 Å². The Hall–Kier alpha value is -1.26. The van der Waals surface area contributed by atoms with E-state index in [1.54, 1.807) is 0 Å². The Balaban J connectivity index is 2.13. The van der Waals surface area contributed by atoms with E-state index in [9.17, 15) is 0 Å². The first kappa shape index (κ1) is 18.1. The van der Waals surface area contributed by atoms with Crippen LogP contribution >= 0.6 is 11.6 Å². The van der Waals surface area contributed by atoms with E-state index in [1.165, 1.54) is 12.0 Å². The van der Waals surface area contributed by atoms with Gasteiger partial charge in [0.25, 0.3) is 0 Å². The van der Waals surface area contributed by atoms with E-state index in [0.29, 0.717) is 17.9 Å². The van der Waals surface area contributed by atoms with Gasteiger partial charge in [0.05, 0.1) is 0 Å². The summed E-state index contributed by atoms with van der Waals surface area (Å²) in [5.74, 6) is 0.975. The van der Waals surface area contributed by atoms with E-state index in [0.717, 1.165) is 24.5 Å². The molecule has 0 aromatic heterocycles. The Kier molecular flexibility index (Phi) is 5.93. The largest absolute Gasteiger partial charge is 0.370 e. The highest BCUT2D eigenvalue weighted by molar-refractivity contribution is 6.30. The molecule has 0 aliphatic carbocycles. The number of likely N-dealkylation sites (tertiary alicyclic amines) is 1. The zero-order valence-corrected chi connectivity index (χ0v) is 15.4. The number of piperidine rings is 1. The molecule has 1 aliphatic rings. The van der Waals surface area contributed by atoms with Gasteiger partial charge < -0.3 is 11.1 Å². The van der Waals surface area contributed by atoms with Gasteiger partial charge in [-0.1, -0.05) is 23.7 Å². The lowest BCUT2D eigenvalue weighted by molar-refractivity contribution is 0.125. The molecule has 5 heteroatoms. The van der Waals surface area contributed by atoms with Crippen molar-refractivity contribution < 1.29 is 0 Å². The highest BCUT2D eigenvalue weighted by Crippen LogP contribution is 2.36. The summed E-state index contributed by atoms with van der Waals surface area (Å²) in [5, 5.41) is 4.02. The second-order valence-electron chi connectivity index (χ2n) is 7.48. The zero-order valence-electron chi connectivity index (χ0n) is 14.6. The predicted octanol–water partition coefficient (Wildman–Crippen LogP) is 3.43. The van der Waals surface area contributed by atoms with Crippen molar-refractivity contribution in [2.75, 3.05) is 20.1 Å². The molecule has 1 saturated heterocycles. The monoisotopic (exact) mass is 336 g/mol. The van der Waals surface area contributed by atoms with Crippen LogP contribution in [0.3, 0.4) is 0 Å². The molecule has 0 saturated carbocycles. The summed E-state index contributed by atoms with van der Waals surface area (Å²) in [5.41, 5.74) is 7.22. The fourth-order valence-electron chi connectivity index (χ4n) is 3.31. The number of nitrogens with two attached hydrogens (primary N) is 1. The van der Waals surface area contributed by atoms with Crippen molar-refractivity contribution >= 4 is 17.6 Å². The lowest BCUT2D eigenvalue weighted by Crippen LogP contribution is -2.45. The molecule has 1 fully saturated rings. The van der Waals surface area contributed by atoms with Gasteiger partial charge in [-0.15, -0.1) is 0 Å². The summed E-state index contributed by atoms with van der Waals surface area (Å²) in [7, 11) is 2.18. The van der Waals surface area contributed by atoms with Gasteiger partial charge in [-0.3, -0.25) is 9.89 Å². The summed E-state index contributed by atoms with van der Waals surface area (Å²) >= 11 is 6.18. The summed E-state index contributed by atoms with van der Waals surface area (Å²) in [6.45, 7) is 8.08. The van der Waals surface area contributed by atoms with Crippen LogP contribution in [0.15, 0.2) is 29.3 Å². The van der Waals surface area contributed by atoms with E-state index in [4.69, 9.17) is 17.3 Å². The quantitative estimate of drug-likeness (QED) is 0.657. The van der Waals surface area contributed by atoms with E-state index >= 15 is 0 Å². The van der Waals surface area contributed by atoms with Crippen LogP contribution in [0.4, 0.5) is 0 Å². The summed E-state index contributed by atoms with van der Waals surface area (Å²) in [4.78, 5) is 6.99. The number of nitrogens with zero attached hydrogens (tertiary/aromatic N) is 2. The fraction of sp³-hybridized carbons (Fsp3) is 0.611. The average molecular weight is 337 g/mol. The smallest absolute Gasteiger partial charge is 0.188 e. The van der Waals surface area contributed by atoms with Crippen LogP contribution in [0.2, 0.25) is 5.02 Å². The van der Waals surface area contributed by atoms with Crippen LogP contribution in [0.5, 0.6) is 0 Å². The lowest BCUT2D eigenvalue weighted by Gasteiger charge is -2.39. The third kappa shape index (κ3) is 5.40. The normalized spacial score (nSPS) is 23.8. The van der Waals surface area contributed by atoms with Crippen molar-refractivity contribution in [3.63, 3.8) is 0 Å². The lowest BCUT2D eigenvalue weighted by atomic mass is 9.85. The minimum absolute atomic E-state index is 0.0662. The number of aliphatic imine (C=N–C) groups is 1. The molecule has 23 heavy (non-hydrogen) atoms. The third-order valence-electron chi connectivity index (χ3n) is 4.20. The number of benzene rings is 1. The molecule has 4 nitrogen and oxygen atoms in total. The number of hydrogen-bond donors (Lipinski definition) is 2. The second-order valence-corrected chi connectivity index (χ2v) is 7.92. The van der Waals surface area contributed by atoms with Gasteiger partial charge in [-0.25, -0.2) is 0 Å². The molecule has 0 radical (unpaired) electrons. The summed E-state index contributed by atoms with van der Waals surface area (Å²) in [6, 6.07) is 8.52. The fourth-order valence-corrected chi connectivity index (χ4v) is 3.51. The molecule has 0 bridgehead atoms. The van der Waals surface area contributed by atoms with Gasteiger partial charge >= 0.3 is 0 Å². The molecule has 0 spiro atoms. The zero-order chi connectivity index (χ0) is 17.0. The third-order valence-corrected chi connectivity index (χ3v) is 4.43. The Bertz CT molecular complexity index is 550. The van der Waals surface area contributed by atoms with Gasteiger partial charge in [0, 0.05) is 23.1 Å². The topological polar surface area (TPSA) is 53.6 Å². The molecule has 2 atom stereocenters. The number of nitrogens with one attached hydrogen (secondary N) is 1. The summed E-state index contributed by atoms with van der Waals surface area (Å²) in [6.07, 6.45) is 2.36. The Morgan fingerprint density at radius 1 is 1.43 bits per heavy atom. The van der Waals surface area contributed by atoms with Crippen LogP contribution in [0, 0.1) is 5.92 Å². The molecule has 1 aromatic rings. The van der Waals surface area contributed by atoms with Gasteiger partial charge in [0.1, 0.15) is 0 Å². The van der Waals surface area contributed by atoms with Crippen LogP contribution in [0.25, 0.3) is 0 Å². The first-order valence-corrected chi connectivity index (χ1v) is 8.68. The van der Waals surface area contributed by atoms with Crippen LogP contribution in [-0.2, 0) is 0 Å². The van der Waals surface area contributed by atoms with Gasteiger partial charge in [0.15, 0.2) is 5.96 Å². The molecule has 0 amide bonds. The maximum atomic E-state index is 6.18. The molecule has 3 N–H and O–H groups in total. The molecule has 2 rings (SSSR count). The van der Waals surface area contributed by atoms with Crippen molar-refractivity contribution in [2.45, 2.75) is 45.2 Å². The van der Waals surface area contributed by atoms with E-state index < -0.39 is 0 Å². The first-order chi connectivity index (χ1) is 10.8. The number of hydrogen-bond acceptors (Lipinski definition) is 2. The van der Waals surface area contributed by atoms with Crippen molar-refractivity contribution in [3.8, 4) is 0 Å². The highest BCUT2D eigenvalue weighted by Gasteiger charge is 2.30. The van der Waals surface area contributed by atoms with Crippen molar-refractivity contribution in [2.24, 2.45) is 16.6 Å². The minimum atomic E-state index is -0.0662. The molecule has 2 unspecified atom stereocenters. The number of halogens is 1. The van der Waals surface area contributed by atoms with Crippen LogP contribution in [-0.4, -0.2) is 36.5 Å². The maximum Gasteiger partial charge on any atom is 0.188 e. The van der Waals surface area contributed by atoms with Gasteiger partial charge in [0.2, 0.25) is 0 Å². The minimum Gasteiger partial charge on any atom is -0.370 e. The average Bonchev–Trinajstić information content (AvgIpc) is 2.43. The Labute approximate surface area is 145 Å². The number of rotatable bonds is 3. The maximum absolute atomic E-state index is 6.18. The predicted molar refractivity (Wildman–Crippen MR) is 98.9 cm³/mol. The standard InChI is InChI=1S/C18H29ClN4/c1-18(2,3)22-17(20)21-12-14-8-6-10-23(4)16(14)13-7-5-9-15(19)11-13/h5,7,9,11,14,16H,6,8,10,12H2,1-4H3,(H3,20,21,22). The molecule has 1 aliphatic heterocycles. The molecular weight excluding hydrogens is 308 g/mol. The van der Waals surface area contributed by atoms with Crippen LogP contribution < -0.4 is 11.1 Å². The molecule has 1 aromatic carbocycles. The van der Waals surface area contributed by atoms with E-state index in [-0.39, 0.29) is 5.54 Å². The van der Waals surface area contributed by atoms with E-state index in [2.05, 4.69) is 55.2 Å². The molecule has 1 heterocycles. The van der Waals surface area contributed by atoms with E-state index in [1.807, 2.05) is 12.1 Å². The van der Waals surface area contributed by atoms with Gasteiger partial charge in [-0.05, 0) is 70.8 Å². The van der Waals surface area contributed by atoms with Crippen LogP contribution in [0.1, 0.15) is 45.2 Å².